The Bertz CT molecular complexity index is 1780. The van der Waals surface area contributed by atoms with Crippen LogP contribution in [0.4, 0.5) is 0 Å². The highest BCUT2D eigenvalue weighted by molar-refractivity contribution is 6.50. The Hall–Kier alpha value is -2.24. The summed E-state index contributed by atoms with van der Waals surface area (Å²) in [6.45, 7) is 16.9. The van der Waals surface area contributed by atoms with Crippen molar-refractivity contribution in [1.82, 2.24) is 19.9 Å². The number of hydrogen-bond donors (Lipinski definition) is 4. The summed E-state index contributed by atoms with van der Waals surface area (Å²) in [5, 5.41) is 5.95. The van der Waals surface area contributed by atoms with Crippen molar-refractivity contribution in [2.75, 3.05) is 0 Å². The Morgan fingerprint density at radius 1 is 0.375 bits per heavy atom. The highest BCUT2D eigenvalue weighted by Crippen LogP contribution is 2.33. The topological polar surface area (TPSA) is 63.2 Å². The van der Waals surface area contributed by atoms with Crippen LogP contribution in [0.3, 0.4) is 0 Å². The van der Waals surface area contributed by atoms with Crippen molar-refractivity contribution in [3.63, 3.8) is 0 Å². The summed E-state index contributed by atoms with van der Waals surface area (Å²) in [5.41, 5.74) is 12.3. The van der Waals surface area contributed by atoms with E-state index in [1.54, 1.807) is 0 Å². The van der Waals surface area contributed by atoms with Gasteiger partial charge in [-0.05, 0) is 97.9 Å². The van der Waals surface area contributed by atoms with Gasteiger partial charge in [0, 0.05) is 0 Å². The first kappa shape index (κ1) is 29.3. The molecule has 0 amide bonds. The summed E-state index contributed by atoms with van der Waals surface area (Å²) in [5.74, 6) is 0. The molecule has 0 saturated carbocycles. The van der Waals surface area contributed by atoms with E-state index < -0.39 is 0 Å². The van der Waals surface area contributed by atoms with Crippen LogP contribution in [0.1, 0.15) is 95.0 Å². The van der Waals surface area contributed by atoms with Gasteiger partial charge in [0.25, 0.3) is 0 Å². The zero-order chi connectivity index (χ0) is 29.2. The number of halogens is 4. The van der Waals surface area contributed by atoms with Gasteiger partial charge < -0.3 is 19.9 Å². The fraction of sp³-hybridized carbons (Fsp3) is 0.375. The van der Waals surface area contributed by atoms with Gasteiger partial charge in [-0.25, -0.2) is 0 Å². The standard InChI is InChI=1S/C32H36Cl4N4/c1-9-17-13(5)25-22(34)30-19(11-3)15(7)27(39-30)24(36)32-20(12-4)16(8)28(40-32)23(35)31-18(10-2)14(6)26(38-31)21(33)29(17)37-25/h37-40H,9-12H2,1-8H3. The molecule has 212 valence electrons. The van der Waals surface area contributed by atoms with Crippen molar-refractivity contribution in [1.29, 1.82) is 0 Å². The van der Waals surface area contributed by atoms with E-state index in [2.05, 4.69) is 75.3 Å². The van der Waals surface area contributed by atoms with Gasteiger partial charge >= 0.3 is 0 Å². The van der Waals surface area contributed by atoms with Gasteiger partial charge in [-0.3, -0.25) is 0 Å². The van der Waals surface area contributed by atoms with E-state index in [0.717, 1.165) is 114 Å². The number of hydrogen-bond acceptors (Lipinski definition) is 0. The lowest BCUT2D eigenvalue weighted by Crippen LogP contribution is -2.17. The highest BCUT2D eigenvalue weighted by Gasteiger charge is 2.24. The van der Waals surface area contributed by atoms with E-state index in [0.29, 0.717) is 20.1 Å². The van der Waals surface area contributed by atoms with E-state index in [1.807, 2.05) is 0 Å². The molecule has 40 heavy (non-hydrogen) atoms. The van der Waals surface area contributed by atoms with Crippen molar-refractivity contribution in [3.8, 4) is 0 Å². The molecule has 1 aliphatic rings. The van der Waals surface area contributed by atoms with Crippen LogP contribution < -0.4 is 21.4 Å². The normalized spacial score (nSPS) is 13.7. The predicted molar refractivity (Wildman–Crippen MR) is 172 cm³/mol. The molecule has 5 rings (SSSR count). The first-order chi connectivity index (χ1) is 19.0. The van der Waals surface area contributed by atoms with Crippen molar-refractivity contribution < 1.29 is 0 Å². The SMILES string of the molecule is CCc1c2[nH]c(c1C)C(Cl)=c1[nH]c(c(C)c1CC)=C(Cl)c1[nH]c(c(C)c1CC)C(Cl)=c1[nH]c(c(C)c1CC)=C2Cl. The summed E-state index contributed by atoms with van der Waals surface area (Å²) in [7, 11) is 0. The molecule has 8 bridgehead atoms. The minimum atomic E-state index is 0.624. The molecule has 5 heterocycles. The van der Waals surface area contributed by atoms with Crippen LogP contribution in [-0.4, -0.2) is 19.9 Å². The summed E-state index contributed by atoms with van der Waals surface area (Å²) >= 11 is 28.9. The first-order valence-corrected chi connectivity index (χ1v) is 15.5. The third kappa shape index (κ3) is 4.17. The van der Waals surface area contributed by atoms with Crippen LogP contribution in [0.25, 0.3) is 20.1 Å². The molecule has 8 heteroatoms. The molecule has 0 aromatic carbocycles. The van der Waals surface area contributed by atoms with Crippen molar-refractivity contribution in [2.45, 2.75) is 81.1 Å². The molecule has 0 radical (unpaired) electrons. The molecule has 0 spiro atoms. The lowest BCUT2D eigenvalue weighted by molar-refractivity contribution is 1.10. The Labute approximate surface area is 255 Å². The molecule has 4 N–H and O–H groups in total. The van der Waals surface area contributed by atoms with Crippen LogP contribution in [0.15, 0.2) is 0 Å². The Morgan fingerprint density at radius 2 is 0.675 bits per heavy atom. The molecule has 0 aliphatic carbocycles. The largest absolute Gasteiger partial charge is 0.353 e. The van der Waals surface area contributed by atoms with Crippen LogP contribution in [0, 0.1) is 27.7 Å². The van der Waals surface area contributed by atoms with Gasteiger partial charge in [-0.1, -0.05) is 74.1 Å². The summed E-state index contributed by atoms with van der Waals surface area (Å²) in [4.78, 5) is 14.4. The molecule has 1 aliphatic heterocycles. The first-order valence-electron chi connectivity index (χ1n) is 14.0. The van der Waals surface area contributed by atoms with E-state index in [4.69, 9.17) is 46.4 Å². The maximum atomic E-state index is 7.24. The zero-order valence-corrected chi connectivity index (χ0v) is 27.4. The molecule has 0 fully saturated rings. The molecule has 0 atom stereocenters. The number of H-pyrrole nitrogens is 4. The number of nitrogens with one attached hydrogen (secondary N) is 4. The number of aromatic nitrogens is 4. The fourth-order valence-electron chi connectivity index (χ4n) is 6.43. The monoisotopic (exact) mass is 616 g/mol. The van der Waals surface area contributed by atoms with Gasteiger partial charge in [0.05, 0.1) is 64.3 Å². The minimum Gasteiger partial charge on any atom is -0.353 e. The summed E-state index contributed by atoms with van der Waals surface area (Å²) < 4.78 is 0. The zero-order valence-electron chi connectivity index (χ0n) is 24.3. The van der Waals surface area contributed by atoms with Crippen LogP contribution in [0.5, 0.6) is 0 Å². The Morgan fingerprint density at radius 3 is 0.975 bits per heavy atom. The van der Waals surface area contributed by atoms with E-state index in [1.165, 1.54) is 0 Å². The molecule has 4 aromatic heterocycles. The van der Waals surface area contributed by atoms with Gasteiger partial charge in [0.15, 0.2) is 0 Å². The molecule has 0 unspecified atom stereocenters. The second-order valence-corrected chi connectivity index (χ2v) is 12.1. The molecule has 4 aromatic rings. The molecule has 4 nitrogen and oxygen atoms in total. The van der Waals surface area contributed by atoms with E-state index in [-0.39, 0.29) is 0 Å². The minimum absolute atomic E-state index is 0.624. The highest BCUT2D eigenvalue weighted by atomic mass is 35.5. The third-order valence-corrected chi connectivity index (χ3v) is 10.2. The average Bonchev–Trinajstić information content (AvgIpc) is 3.66. The maximum Gasteiger partial charge on any atom is 0.0881 e. The van der Waals surface area contributed by atoms with Gasteiger partial charge in [0.1, 0.15) is 0 Å². The van der Waals surface area contributed by atoms with Crippen molar-refractivity contribution in [2.24, 2.45) is 0 Å². The quantitative estimate of drug-likeness (QED) is 0.205. The lowest BCUT2D eigenvalue weighted by Gasteiger charge is -2.02. The molecular weight excluding hydrogens is 582 g/mol. The van der Waals surface area contributed by atoms with E-state index >= 15 is 0 Å². The van der Waals surface area contributed by atoms with Crippen LogP contribution in [-0.2, 0) is 25.7 Å². The number of fused-ring (bicyclic) bond motifs is 8. The molecule has 0 saturated heterocycles. The van der Waals surface area contributed by atoms with Gasteiger partial charge in [-0.15, -0.1) is 0 Å². The average molecular weight is 618 g/mol. The lowest BCUT2D eigenvalue weighted by atomic mass is 10.0. The van der Waals surface area contributed by atoms with Crippen LogP contribution >= 0.6 is 46.4 Å². The smallest absolute Gasteiger partial charge is 0.0881 e. The second kappa shape index (κ2) is 10.9. The Balaban J connectivity index is 2.11. The second-order valence-electron chi connectivity index (χ2n) is 10.6. The number of aromatic amines is 4. The summed E-state index contributed by atoms with van der Waals surface area (Å²) in [6, 6.07) is 0. The van der Waals surface area contributed by atoms with Crippen molar-refractivity contribution >= 4 is 66.5 Å². The fourth-order valence-corrected chi connectivity index (χ4v) is 7.83. The third-order valence-electron chi connectivity index (χ3n) is 8.69. The van der Waals surface area contributed by atoms with E-state index in [9.17, 15) is 0 Å². The molecular formula is C32H36Cl4N4. The van der Waals surface area contributed by atoms with Gasteiger partial charge in [-0.2, -0.15) is 0 Å². The predicted octanol–water partition coefficient (Wildman–Crippen LogP) is 6.38. The summed E-state index contributed by atoms with van der Waals surface area (Å²) in [6.07, 6.45) is 3.21. The number of rotatable bonds is 4. The van der Waals surface area contributed by atoms with Gasteiger partial charge in [0.2, 0.25) is 0 Å². The van der Waals surface area contributed by atoms with Crippen molar-refractivity contribution in [3.05, 3.63) is 88.7 Å². The maximum absolute atomic E-state index is 7.24. The van der Waals surface area contributed by atoms with Crippen LogP contribution in [0.2, 0.25) is 0 Å². The Kier molecular flexibility index (Phi) is 7.95.